The van der Waals surface area contributed by atoms with E-state index in [1.807, 2.05) is 0 Å². The van der Waals surface area contributed by atoms with E-state index in [1.54, 1.807) is 0 Å². The topological polar surface area (TPSA) is 26.3 Å². The Hall–Kier alpha value is -0.530. The van der Waals surface area contributed by atoms with E-state index >= 15 is 0 Å². The lowest BCUT2D eigenvalue weighted by Crippen LogP contribution is -2.09. The molecule has 0 amide bonds. The van der Waals surface area contributed by atoms with Crippen LogP contribution in [0.2, 0.25) is 0 Å². The van der Waals surface area contributed by atoms with E-state index < -0.39 is 0 Å². The summed E-state index contributed by atoms with van der Waals surface area (Å²) in [6.07, 6.45) is 3.99. The van der Waals surface area contributed by atoms with Gasteiger partial charge in [-0.25, -0.2) is 0 Å². The fourth-order valence-corrected chi connectivity index (χ4v) is 1.33. The molecule has 0 aromatic heterocycles. The molecule has 2 fully saturated rings. The van der Waals surface area contributed by atoms with Crippen LogP contribution < -0.4 is 0 Å². The Bertz CT molecular complexity index is 130. The third-order valence-corrected chi connectivity index (χ3v) is 1.82. The normalized spacial score (nSPS) is 36.0. The average Bonchev–Trinajstić information content (AvgIpc) is 2.23. The highest BCUT2D eigenvalue weighted by molar-refractivity contribution is 5.77. The third-order valence-electron chi connectivity index (χ3n) is 1.82. The maximum atomic E-state index is 10.6. The lowest BCUT2D eigenvalue weighted by molar-refractivity contribution is -0.143. The zero-order valence-corrected chi connectivity index (χ0v) is 4.52. The van der Waals surface area contributed by atoms with Gasteiger partial charge in [0.2, 0.25) is 0 Å². The molecule has 0 aromatic carbocycles. The number of fused-ring (bicyclic) bond motifs is 2. The van der Waals surface area contributed by atoms with Crippen molar-refractivity contribution >= 4 is 5.97 Å². The van der Waals surface area contributed by atoms with Crippen molar-refractivity contribution in [3.63, 3.8) is 0 Å². The number of carbonyl (C=O) groups is 1. The van der Waals surface area contributed by atoms with Gasteiger partial charge in [0.25, 0.3) is 0 Å². The van der Waals surface area contributed by atoms with Crippen LogP contribution in [0.4, 0.5) is 0 Å². The first kappa shape index (κ1) is 4.36. The van der Waals surface area contributed by atoms with Gasteiger partial charge in [0.1, 0.15) is 0 Å². The monoisotopic (exact) mass is 111 g/mol. The average molecular weight is 111 g/mol. The molecule has 2 rings (SSSR count). The molecule has 2 nitrogen and oxygen atoms in total. The van der Waals surface area contributed by atoms with E-state index in [4.69, 9.17) is 4.74 Å². The van der Waals surface area contributed by atoms with Gasteiger partial charge in [0.05, 0.1) is 5.92 Å². The molecule has 1 saturated heterocycles. The Morgan fingerprint density at radius 2 is 2.50 bits per heavy atom. The van der Waals surface area contributed by atoms with Gasteiger partial charge in [-0.05, 0) is 12.8 Å². The van der Waals surface area contributed by atoms with Crippen LogP contribution >= 0.6 is 0 Å². The van der Waals surface area contributed by atoms with Gasteiger partial charge in [-0.2, -0.15) is 0 Å². The molecule has 43 valence electrons. The Balaban J connectivity index is 2.22. The summed E-state index contributed by atoms with van der Waals surface area (Å²) in [5.74, 6) is 0.247. The predicted molar refractivity (Wildman–Crippen MR) is 26.7 cm³/mol. The SMILES string of the molecule is O=C1O[C]2CCC1C2. The van der Waals surface area contributed by atoms with E-state index in [9.17, 15) is 4.79 Å². The van der Waals surface area contributed by atoms with Gasteiger partial charge < -0.3 is 4.74 Å². The summed E-state index contributed by atoms with van der Waals surface area (Å²) in [5.41, 5.74) is 0. The van der Waals surface area contributed by atoms with Crippen molar-refractivity contribution < 1.29 is 9.53 Å². The quantitative estimate of drug-likeness (QED) is 0.433. The fraction of sp³-hybridized carbons (Fsp3) is 0.667. The smallest absolute Gasteiger partial charge is 0.309 e. The van der Waals surface area contributed by atoms with Crippen LogP contribution in [0.15, 0.2) is 0 Å². The number of hydrogen-bond acceptors (Lipinski definition) is 2. The maximum absolute atomic E-state index is 10.6. The molecule has 2 aliphatic rings. The second-order valence-corrected chi connectivity index (χ2v) is 2.40. The molecule has 0 aromatic rings. The fourth-order valence-electron chi connectivity index (χ4n) is 1.33. The van der Waals surface area contributed by atoms with Crippen molar-refractivity contribution in [3.05, 3.63) is 6.10 Å². The lowest BCUT2D eigenvalue weighted by Gasteiger charge is -2.06. The number of rotatable bonds is 0. The summed E-state index contributed by atoms with van der Waals surface area (Å²) in [5, 5.41) is 0. The molecule has 1 atom stereocenters. The molecule has 1 aliphatic carbocycles. The molecule has 1 aliphatic heterocycles. The molecule has 8 heavy (non-hydrogen) atoms. The number of ether oxygens (including phenoxy) is 1. The number of hydrogen-bond donors (Lipinski definition) is 0. The summed E-state index contributed by atoms with van der Waals surface area (Å²) in [6.45, 7) is 0. The molecule has 2 bridgehead atoms. The van der Waals surface area contributed by atoms with Crippen LogP contribution in [0.5, 0.6) is 0 Å². The highest BCUT2D eigenvalue weighted by atomic mass is 16.6. The lowest BCUT2D eigenvalue weighted by atomic mass is 10.1. The van der Waals surface area contributed by atoms with Crippen LogP contribution in [0.3, 0.4) is 0 Å². The third kappa shape index (κ3) is 0.403. The van der Waals surface area contributed by atoms with Crippen molar-refractivity contribution in [3.8, 4) is 0 Å². The van der Waals surface area contributed by atoms with Gasteiger partial charge in [-0.3, -0.25) is 4.79 Å². The van der Waals surface area contributed by atoms with E-state index in [2.05, 4.69) is 0 Å². The van der Waals surface area contributed by atoms with Crippen molar-refractivity contribution in [2.24, 2.45) is 5.92 Å². The summed E-state index contributed by atoms with van der Waals surface area (Å²) >= 11 is 0. The highest BCUT2D eigenvalue weighted by Gasteiger charge is 2.41. The largest absolute Gasteiger partial charge is 0.455 e. The summed E-state index contributed by atoms with van der Waals surface area (Å²) in [7, 11) is 0. The van der Waals surface area contributed by atoms with Crippen molar-refractivity contribution in [1.29, 1.82) is 0 Å². The molecule has 1 radical (unpaired) electrons. The maximum Gasteiger partial charge on any atom is 0.309 e. The highest BCUT2D eigenvalue weighted by Crippen LogP contribution is 2.40. The first-order valence-corrected chi connectivity index (χ1v) is 2.92. The predicted octanol–water partition coefficient (Wildman–Crippen LogP) is 0.875. The Labute approximate surface area is 47.8 Å². The summed E-state index contributed by atoms with van der Waals surface area (Å²) in [6, 6.07) is 0. The Kier molecular flexibility index (Phi) is 0.678. The standard InChI is InChI=1S/C6H7O2/c7-6-4-1-2-5(3-4)8-6/h4H,1-3H2. The first-order valence-electron chi connectivity index (χ1n) is 2.92. The van der Waals surface area contributed by atoms with Crippen molar-refractivity contribution in [1.82, 2.24) is 0 Å². The number of esters is 1. The molecule has 1 heterocycles. The zero-order chi connectivity index (χ0) is 5.56. The van der Waals surface area contributed by atoms with E-state index in [-0.39, 0.29) is 11.9 Å². The molecule has 2 heteroatoms. The van der Waals surface area contributed by atoms with Gasteiger partial charge in [-0.15, -0.1) is 0 Å². The minimum absolute atomic E-state index is 0.00579. The molecule has 0 spiro atoms. The van der Waals surface area contributed by atoms with E-state index in [1.165, 1.54) is 0 Å². The minimum Gasteiger partial charge on any atom is -0.455 e. The molecular weight excluding hydrogens is 104 g/mol. The molecular formula is C6H7O2. The van der Waals surface area contributed by atoms with Gasteiger partial charge in [-0.1, -0.05) is 0 Å². The first-order chi connectivity index (χ1) is 3.86. The molecule has 1 saturated carbocycles. The van der Waals surface area contributed by atoms with Crippen LogP contribution in [-0.4, -0.2) is 5.97 Å². The molecule has 1 unspecified atom stereocenters. The summed E-state index contributed by atoms with van der Waals surface area (Å²) < 4.78 is 4.84. The van der Waals surface area contributed by atoms with Crippen LogP contribution in [-0.2, 0) is 9.53 Å². The second kappa shape index (κ2) is 1.24. The summed E-state index contributed by atoms with van der Waals surface area (Å²) in [4.78, 5) is 10.6. The van der Waals surface area contributed by atoms with E-state index in [0.29, 0.717) is 0 Å². The second-order valence-electron chi connectivity index (χ2n) is 2.40. The van der Waals surface area contributed by atoms with Gasteiger partial charge in [0.15, 0.2) is 6.10 Å². The van der Waals surface area contributed by atoms with Crippen LogP contribution in [0.1, 0.15) is 19.3 Å². The van der Waals surface area contributed by atoms with Crippen LogP contribution in [0, 0.1) is 12.0 Å². The number of carbonyl (C=O) groups excluding carboxylic acids is 1. The van der Waals surface area contributed by atoms with Crippen molar-refractivity contribution in [2.45, 2.75) is 19.3 Å². The van der Waals surface area contributed by atoms with Gasteiger partial charge in [0, 0.05) is 6.42 Å². The van der Waals surface area contributed by atoms with E-state index in [0.717, 1.165) is 25.4 Å². The van der Waals surface area contributed by atoms with Crippen molar-refractivity contribution in [2.75, 3.05) is 0 Å². The Morgan fingerprint density at radius 1 is 1.62 bits per heavy atom. The Morgan fingerprint density at radius 3 is 2.75 bits per heavy atom. The van der Waals surface area contributed by atoms with Crippen LogP contribution in [0.25, 0.3) is 0 Å². The molecule has 0 N–H and O–H groups in total. The van der Waals surface area contributed by atoms with Gasteiger partial charge >= 0.3 is 5.97 Å². The minimum atomic E-state index is 0.00579. The zero-order valence-electron chi connectivity index (χ0n) is 4.52.